The Kier molecular flexibility index (Phi) is 4.58. The molecule has 2 aliphatic rings. The van der Waals surface area contributed by atoms with Crippen LogP contribution in [0, 0.1) is 5.41 Å². The van der Waals surface area contributed by atoms with E-state index in [0.717, 1.165) is 12.0 Å². The number of aromatic nitrogens is 2. The molecule has 0 radical (unpaired) electrons. The Hall–Kier alpha value is -2.19. The maximum atomic E-state index is 13.4. The van der Waals surface area contributed by atoms with Crippen LogP contribution in [0.2, 0.25) is 0 Å². The first kappa shape index (κ1) is 19.1. The van der Waals surface area contributed by atoms with Crippen LogP contribution in [0.15, 0.2) is 47.6 Å². The van der Waals surface area contributed by atoms with Crippen molar-refractivity contribution in [3.63, 3.8) is 0 Å². The molecule has 1 amide bonds. The molecule has 0 saturated carbocycles. The summed E-state index contributed by atoms with van der Waals surface area (Å²) in [6.45, 7) is 0. The average Bonchev–Trinajstić information content (AvgIpc) is 3.35. The van der Waals surface area contributed by atoms with Gasteiger partial charge in [0.15, 0.2) is 0 Å². The lowest BCUT2D eigenvalue weighted by atomic mass is 9.69. The Bertz CT molecular complexity index is 986. The Morgan fingerprint density at radius 2 is 1.96 bits per heavy atom. The molecule has 2 aromatic rings. The second-order valence-corrected chi connectivity index (χ2v) is 10.00. The predicted molar refractivity (Wildman–Crippen MR) is 105 cm³/mol. The lowest BCUT2D eigenvalue weighted by Gasteiger charge is -2.38. The number of benzene rings is 1. The third-order valence-electron chi connectivity index (χ3n) is 6.13. The fourth-order valence-electron chi connectivity index (χ4n) is 5.05. The van der Waals surface area contributed by atoms with Gasteiger partial charge in [0.2, 0.25) is 15.9 Å². The highest BCUT2D eigenvalue weighted by Crippen LogP contribution is 2.54. The Morgan fingerprint density at radius 1 is 1.25 bits per heavy atom. The van der Waals surface area contributed by atoms with Crippen LogP contribution in [0.25, 0.3) is 0 Å². The average molecular weight is 403 g/mol. The maximum absolute atomic E-state index is 13.4. The molecule has 2 fully saturated rings. The highest BCUT2D eigenvalue weighted by molar-refractivity contribution is 7.89. The summed E-state index contributed by atoms with van der Waals surface area (Å²) in [5, 5.41) is 4.03. The topological polar surface area (TPSA) is 75.5 Å². The van der Waals surface area contributed by atoms with Crippen LogP contribution >= 0.6 is 0 Å². The number of hydrogen-bond acceptors (Lipinski definition) is 4. The first-order chi connectivity index (χ1) is 13.3. The van der Waals surface area contributed by atoms with Gasteiger partial charge in [-0.05, 0) is 31.2 Å². The smallest absolute Gasteiger partial charge is 0.246 e. The number of carbonyl (C=O) groups is 1. The molecule has 2 bridgehead atoms. The van der Waals surface area contributed by atoms with Crippen LogP contribution < -0.4 is 0 Å². The van der Waals surface area contributed by atoms with E-state index in [1.165, 1.54) is 17.1 Å². The molecular weight excluding hydrogens is 376 g/mol. The lowest BCUT2D eigenvalue weighted by molar-refractivity contribution is -0.141. The SMILES string of the molecule is CN(C)C(=O)[C@@]1(Cc2ccccc2)C[C@H]2CC[C@@H]1N2S(=O)(=O)c1cnn(C)c1. The van der Waals surface area contributed by atoms with Gasteiger partial charge in [0.25, 0.3) is 0 Å². The fourth-order valence-corrected chi connectivity index (χ4v) is 6.97. The van der Waals surface area contributed by atoms with Gasteiger partial charge in [-0.1, -0.05) is 30.3 Å². The van der Waals surface area contributed by atoms with E-state index < -0.39 is 15.4 Å². The summed E-state index contributed by atoms with van der Waals surface area (Å²) in [5.74, 6) is 0.00920. The van der Waals surface area contributed by atoms with Gasteiger partial charge in [0.05, 0.1) is 11.6 Å². The normalized spacial score (nSPS) is 27.2. The second-order valence-electron chi connectivity index (χ2n) is 8.15. The minimum absolute atomic E-state index is 0.00920. The molecule has 28 heavy (non-hydrogen) atoms. The quantitative estimate of drug-likeness (QED) is 0.762. The fraction of sp³-hybridized carbons (Fsp3) is 0.500. The van der Waals surface area contributed by atoms with Gasteiger partial charge in [0, 0.05) is 39.4 Å². The Balaban J connectivity index is 1.76. The van der Waals surface area contributed by atoms with Crippen molar-refractivity contribution in [2.45, 2.75) is 42.7 Å². The lowest BCUT2D eigenvalue weighted by Crippen LogP contribution is -2.50. The molecule has 0 N–H and O–H groups in total. The first-order valence-corrected chi connectivity index (χ1v) is 11.0. The summed E-state index contributed by atoms with van der Waals surface area (Å²) in [6.07, 6.45) is 5.52. The van der Waals surface area contributed by atoms with E-state index in [1.807, 2.05) is 30.3 Å². The van der Waals surface area contributed by atoms with Gasteiger partial charge in [0.1, 0.15) is 4.90 Å². The van der Waals surface area contributed by atoms with Gasteiger partial charge in [-0.15, -0.1) is 0 Å². The highest BCUT2D eigenvalue weighted by atomic mass is 32.2. The van der Waals surface area contributed by atoms with Gasteiger partial charge in [-0.25, -0.2) is 8.42 Å². The molecular formula is C20H26N4O3S. The summed E-state index contributed by atoms with van der Waals surface area (Å²) < 4.78 is 29.9. The van der Waals surface area contributed by atoms with Crippen molar-refractivity contribution in [3.05, 3.63) is 48.3 Å². The van der Waals surface area contributed by atoms with Crippen molar-refractivity contribution in [3.8, 4) is 0 Å². The van der Waals surface area contributed by atoms with Crippen LogP contribution in [-0.2, 0) is 28.3 Å². The molecule has 8 heteroatoms. The van der Waals surface area contributed by atoms with Crippen LogP contribution in [0.1, 0.15) is 24.8 Å². The largest absolute Gasteiger partial charge is 0.348 e. The minimum atomic E-state index is -3.70. The van der Waals surface area contributed by atoms with Crippen molar-refractivity contribution in [2.75, 3.05) is 14.1 Å². The molecule has 2 saturated heterocycles. The third kappa shape index (κ3) is 2.86. The summed E-state index contributed by atoms with van der Waals surface area (Å²) in [6, 6.07) is 9.40. The molecule has 1 aromatic heterocycles. The number of rotatable bonds is 5. The third-order valence-corrected chi connectivity index (χ3v) is 8.04. The van der Waals surface area contributed by atoms with E-state index in [4.69, 9.17) is 0 Å². The molecule has 7 nitrogen and oxygen atoms in total. The van der Waals surface area contributed by atoms with E-state index >= 15 is 0 Å². The zero-order chi connectivity index (χ0) is 20.1. The van der Waals surface area contributed by atoms with Crippen LogP contribution in [0.5, 0.6) is 0 Å². The maximum Gasteiger partial charge on any atom is 0.246 e. The van der Waals surface area contributed by atoms with Crippen LogP contribution in [0.4, 0.5) is 0 Å². The molecule has 150 valence electrons. The van der Waals surface area contributed by atoms with Crippen molar-refractivity contribution in [2.24, 2.45) is 12.5 Å². The summed E-state index contributed by atoms with van der Waals surface area (Å²) in [5.41, 5.74) is 0.326. The molecule has 0 unspecified atom stereocenters. The number of nitrogens with zero attached hydrogens (tertiary/aromatic N) is 4. The van der Waals surface area contributed by atoms with Crippen LogP contribution in [0.3, 0.4) is 0 Å². The second kappa shape index (κ2) is 6.70. The van der Waals surface area contributed by atoms with Crippen molar-refractivity contribution in [1.82, 2.24) is 19.0 Å². The minimum Gasteiger partial charge on any atom is -0.348 e. The zero-order valence-electron chi connectivity index (χ0n) is 16.4. The van der Waals surface area contributed by atoms with Crippen molar-refractivity contribution in [1.29, 1.82) is 0 Å². The van der Waals surface area contributed by atoms with E-state index in [-0.39, 0.29) is 22.9 Å². The highest BCUT2D eigenvalue weighted by Gasteiger charge is 2.63. The van der Waals surface area contributed by atoms with E-state index in [1.54, 1.807) is 30.3 Å². The van der Waals surface area contributed by atoms with Crippen molar-refractivity contribution >= 4 is 15.9 Å². The number of hydrogen-bond donors (Lipinski definition) is 0. The summed E-state index contributed by atoms with van der Waals surface area (Å²) in [4.78, 5) is 15.2. The van der Waals surface area contributed by atoms with Crippen LogP contribution in [-0.4, -0.2) is 59.5 Å². The zero-order valence-corrected chi connectivity index (χ0v) is 17.3. The monoisotopic (exact) mass is 402 g/mol. The van der Waals surface area contributed by atoms with E-state index in [2.05, 4.69) is 5.10 Å². The summed E-state index contributed by atoms with van der Waals surface area (Å²) in [7, 11) is 1.51. The van der Waals surface area contributed by atoms with Gasteiger partial charge >= 0.3 is 0 Å². The van der Waals surface area contributed by atoms with Gasteiger partial charge in [-0.2, -0.15) is 9.40 Å². The molecule has 0 aliphatic carbocycles. The molecule has 1 aromatic carbocycles. The van der Waals surface area contributed by atoms with E-state index in [0.29, 0.717) is 19.3 Å². The molecule has 0 spiro atoms. The van der Waals surface area contributed by atoms with E-state index in [9.17, 15) is 13.2 Å². The standard InChI is InChI=1S/C20H26N4O3S/c1-22(2)19(25)20(11-15-7-5-4-6-8-15)12-16-9-10-18(20)24(16)28(26,27)17-13-21-23(3)14-17/h4-8,13-14,16,18H,9-12H2,1-3H3/t16-,18+,20+/m1/s1. The number of aryl methyl sites for hydroxylation is 1. The Morgan fingerprint density at radius 3 is 2.57 bits per heavy atom. The number of amides is 1. The van der Waals surface area contributed by atoms with Crippen molar-refractivity contribution < 1.29 is 13.2 Å². The molecule has 3 heterocycles. The summed E-state index contributed by atoms with van der Waals surface area (Å²) >= 11 is 0. The Labute approximate surface area is 166 Å². The number of carbonyl (C=O) groups excluding carboxylic acids is 1. The number of sulfonamides is 1. The number of fused-ring (bicyclic) bond motifs is 2. The van der Waals surface area contributed by atoms with Gasteiger partial charge in [-0.3, -0.25) is 9.48 Å². The first-order valence-electron chi connectivity index (χ1n) is 9.53. The molecule has 3 atom stereocenters. The predicted octanol–water partition coefficient (Wildman–Crippen LogP) is 1.66. The molecule has 2 aliphatic heterocycles. The van der Waals surface area contributed by atoms with Gasteiger partial charge < -0.3 is 4.90 Å². The molecule has 4 rings (SSSR count).